The molecule has 0 saturated carbocycles. The van der Waals surface area contributed by atoms with E-state index in [9.17, 15) is 0 Å². The Labute approximate surface area is 135 Å². The largest absolute Gasteiger partial charge is 0.486 e. The second-order valence-corrected chi connectivity index (χ2v) is 5.42. The van der Waals surface area contributed by atoms with Gasteiger partial charge in [0.2, 0.25) is 0 Å². The summed E-state index contributed by atoms with van der Waals surface area (Å²) in [7, 11) is 0. The lowest BCUT2D eigenvalue weighted by atomic mass is 10.3. The van der Waals surface area contributed by atoms with Crippen molar-refractivity contribution in [1.82, 2.24) is 10.3 Å². The molecule has 1 aromatic heterocycles. The lowest BCUT2D eigenvalue weighted by Gasteiger charge is -2.09. The molecule has 1 heterocycles. The second-order valence-electron chi connectivity index (χ2n) is 4.64. The molecule has 0 amide bonds. The molecule has 1 N–H and O–H groups in total. The summed E-state index contributed by atoms with van der Waals surface area (Å²) in [6.45, 7) is 4.25. The topological polar surface area (TPSA) is 34.1 Å². The van der Waals surface area contributed by atoms with E-state index < -0.39 is 0 Å². The molecule has 5 heteroatoms. The summed E-state index contributed by atoms with van der Waals surface area (Å²) in [4.78, 5) is 4.55. The van der Waals surface area contributed by atoms with E-state index in [0.717, 1.165) is 30.9 Å². The molecule has 0 aliphatic rings. The zero-order chi connectivity index (χ0) is 15.1. The highest BCUT2D eigenvalue weighted by molar-refractivity contribution is 6.42. The number of halogens is 2. The van der Waals surface area contributed by atoms with Crippen molar-refractivity contribution in [1.29, 1.82) is 0 Å². The monoisotopic (exact) mass is 324 g/mol. The standard InChI is InChI=1S/C16H18Cl2N2O/c1-2-9-19-10-12-5-3-6-13(20-12)11-21-15-8-4-7-14(17)16(15)18/h3-8,19H,2,9-11H2,1H3. The molecule has 2 aromatic rings. The summed E-state index contributed by atoms with van der Waals surface area (Å²) < 4.78 is 5.69. The van der Waals surface area contributed by atoms with Crippen molar-refractivity contribution in [3.8, 4) is 5.75 Å². The van der Waals surface area contributed by atoms with Crippen LogP contribution in [0.3, 0.4) is 0 Å². The average molecular weight is 325 g/mol. The van der Waals surface area contributed by atoms with Gasteiger partial charge in [-0.2, -0.15) is 0 Å². The van der Waals surface area contributed by atoms with Gasteiger partial charge in [-0.05, 0) is 37.2 Å². The zero-order valence-corrected chi connectivity index (χ0v) is 13.4. The Bertz CT molecular complexity index is 590. The predicted octanol–water partition coefficient (Wildman–Crippen LogP) is 4.47. The molecule has 0 bridgehead atoms. The van der Waals surface area contributed by atoms with E-state index in [1.54, 1.807) is 12.1 Å². The molecule has 0 fully saturated rings. The molecule has 0 aliphatic carbocycles. The maximum atomic E-state index is 6.09. The first-order chi connectivity index (χ1) is 10.2. The van der Waals surface area contributed by atoms with Crippen LogP contribution in [0.25, 0.3) is 0 Å². The number of aromatic nitrogens is 1. The minimum atomic E-state index is 0.363. The highest BCUT2D eigenvalue weighted by Gasteiger charge is 2.06. The maximum Gasteiger partial charge on any atom is 0.140 e. The van der Waals surface area contributed by atoms with E-state index in [2.05, 4.69) is 17.2 Å². The highest BCUT2D eigenvalue weighted by Crippen LogP contribution is 2.31. The lowest BCUT2D eigenvalue weighted by molar-refractivity contribution is 0.301. The molecule has 112 valence electrons. The normalized spacial score (nSPS) is 10.6. The number of hydrogen-bond donors (Lipinski definition) is 1. The molecule has 2 rings (SSSR count). The maximum absolute atomic E-state index is 6.09. The Morgan fingerprint density at radius 2 is 1.86 bits per heavy atom. The van der Waals surface area contributed by atoms with Gasteiger partial charge in [0.1, 0.15) is 17.4 Å². The third-order valence-corrected chi connectivity index (χ3v) is 3.69. The second kappa shape index (κ2) is 8.23. The van der Waals surface area contributed by atoms with Crippen molar-refractivity contribution in [3.05, 3.63) is 57.8 Å². The number of nitrogens with one attached hydrogen (secondary N) is 1. The number of hydrogen-bond acceptors (Lipinski definition) is 3. The van der Waals surface area contributed by atoms with Crippen LogP contribution in [0.1, 0.15) is 24.7 Å². The minimum Gasteiger partial charge on any atom is -0.486 e. The Balaban J connectivity index is 1.96. The van der Waals surface area contributed by atoms with E-state index in [0.29, 0.717) is 22.4 Å². The number of rotatable bonds is 7. The first kappa shape index (κ1) is 16.1. The zero-order valence-electron chi connectivity index (χ0n) is 11.9. The molecule has 0 radical (unpaired) electrons. The van der Waals surface area contributed by atoms with Crippen LogP contribution in [0, 0.1) is 0 Å². The molecular weight excluding hydrogens is 307 g/mol. The first-order valence-electron chi connectivity index (χ1n) is 6.93. The van der Waals surface area contributed by atoms with Gasteiger partial charge in [-0.1, -0.05) is 42.3 Å². The smallest absolute Gasteiger partial charge is 0.140 e. The third-order valence-electron chi connectivity index (χ3n) is 2.89. The van der Waals surface area contributed by atoms with Gasteiger partial charge in [-0.25, -0.2) is 0 Å². The van der Waals surface area contributed by atoms with E-state index in [-0.39, 0.29) is 0 Å². The summed E-state index contributed by atoms with van der Waals surface area (Å²) >= 11 is 12.0. The van der Waals surface area contributed by atoms with Gasteiger partial charge in [0.15, 0.2) is 0 Å². The Morgan fingerprint density at radius 3 is 2.67 bits per heavy atom. The molecule has 0 saturated heterocycles. The molecule has 3 nitrogen and oxygen atoms in total. The van der Waals surface area contributed by atoms with E-state index >= 15 is 0 Å². The Hall–Kier alpha value is -1.29. The van der Waals surface area contributed by atoms with Crippen LogP contribution in [-0.2, 0) is 13.2 Å². The van der Waals surface area contributed by atoms with Gasteiger partial charge >= 0.3 is 0 Å². The van der Waals surface area contributed by atoms with Crippen molar-refractivity contribution in [2.24, 2.45) is 0 Å². The van der Waals surface area contributed by atoms with Crippen LogP contribution < -0.4 is 10.1 Å². The highest BCUT2D eigenvalue weighted by atomic mass is 35.5. The molecule has 0 aliphatic heterocycles. The van der Waals surface area contributed by atoms with Gasteiger partial charge in [-0.3, -0.25) is 4.98 Å². The average Bonchev–Trinajstić information content (AvgIpc) is 2.50. The molecule has 21 heavy (non-hydrogen) atoms. The Kier molecular flexibility index (Phi) is 6.30. The van der Waals surface area contributed by atoms with Crippen molar-refractivity contribution in [2.75, 3.05) is 6.54 Å². The lowest BCUT2D eigenvalue weighted by Crippen LogP contribution is -2.15. The number of nitrogens with zero attached hydrogens (tertiary/aromatic N) is 1. The summed E-state index contributed by atoms with van der Waals surface area (Å²) in [6, 6.07) is 11.2. The van der Waals surface area contributed by atoms with Crippen LogP contribution >= 0.6 is 23.2 Å². The van der Waals surface area contributed by atoms with Gasteiger partial charge in [0.05, 0.1) is 16.4 Å². The van der Waals surface area contributed by atoms with E-state index in [1.165, 1.54) is 0 Å². The minimum absolute atomic E-state index is 0.363. The SMILES string of the molecule is CCCNCc1cccc(COc2cccc(Cl)c2Cl)n1. The summed E-state index contributed by atoms with van der Waals surface area (Å²) in [6.07, 6.45) is 1.11. The van der Waals surface area contributed by atoms with Crippen molar-refractivity contribution < 1.29 is 4.74 Å². The van der Waals surface area contributed by atoms with Gasteiger partial charge < -0.3 is 10.1 Å². The third kappa shape index (κ3) is 4.88. The predicted molar refractivity (Wildman–Crippen MR) is 87.0 cm³/mol. The first-order valence-corrected chi connectivity index (χ1v) is 7.68. The fraction of sp³-hybridized carbons (Fsp3) is 0.312. The van der Waals surface area contributed by atoms with Crippen molar-refractivity contribution in [3.63, 3.8) is 0 Å². The van der Waals surface area contributed by atoms with Gasteiger partial charge in [0.25, 0.3) is 0 Å². The quantitative estimate of drug-likeness (QED) is 0.763. The fourth-order valence-corrected chi connectivity index (χ4v) is 2.19. The Morgan fingerprint density at radius 1 is 1.10 bits per heavy atom. The van der Waals surface area contributed by atoms with Crippen LogP contribution in [-0.4, -0.2) is 11.5 Å². The summed E-state index contributed by atoms with van der Waals surface area (Å²) in [5.41, 5.74) is 1.86. The number of pyridine rings is 1. The molecule has 0 unspecified atom stereocenters. The fourth-order valence-electron chi connectivity index (χ4n) is 1.85. The molecular formula is C16H18Cl2N2O. The summed E-state index contributed by atoms with van der Waals surface area (Å²) in [5, 5.41) is 4.24. The number of ether oxygens (including phenoxy) is 1. The van der Waals surface area contributed by atoms with Gasteiger partial charge in [-0.15, -0.1) is 0 Å². The summed E-state index contributed by atoms with van der Waals surface area (Å²) in [5.74, 6) is 0.570. The van der Waals surface area contributed by atoms with Crippen molar-refractivity contribution in [2.45, 2.75) is 26.5 Å². The van der Waals surface area contributed by atoms with E-state index in [1.807, 2.05) is 24.3 Å². The van der Waals surface area contributed by atoms with Crippen molar-refractivity contribution >= 4 is 23.2 Å². The van der Waals surface area contributed by atoms with Crippen LogP contribution in [0.15, 0.2) is 36.4 Å². The van der Waals surface area contributed by atoms with E-state index in [4.69, 9.17) is 27.9 Å². The molecule has 0 spiro atoms. The van der Waals surface area contributed by atoms with Crippen LogP contribution in [0.5, 0.6) is 5.75 Å². The van der Waals surface area contributed by atoms with Crippen LogP contribution in [0.2, 0.25) is 10.0 Å². The van der Waals surface area contributed by atoms with Crippen LogP contribution in [0.4, 0.5) is 0 Å². The molecule has 0 atom stereocenters. The van der Waals surface area contributed by atoms with Gasteiger partial charge in [0, 0.05) is 6.54 Å². The number of benzene rings is 1. The molecule has 1 aromatic carbocycles.